The van der Waals surface area contributed by atoms with E-state index >= 15 is 0 Å². The standard InChI is InChI=1S/C19H28N2O2/c1-19(2,3)23-18(22)17(20)15-10-12-16(21-13-15)11-9-14-7-5-4-6-8-14/h9-14,17H,4-8,20H2,1-3H3. The molecule has 1 aromatic rings. The Labute approximate surface area is 139 Å². The molecule has 0 amide bonds. The summed E-state index contributed by atoms with van der Waals surface area (Å²) in [6, 6.07) is 2.96. The molecule has 1 saturated carbocycles. The predicted molar refractivity (Wildman–Crippen MR) is 92.6 cm³/mol. The average molecular weight is 316 g/mol. The number of carbonyl (C=O) groups excluding carboxylic acids is 1. The molecular formula is C19H28N2O2. The van der Waals surface area contributed by atoms with Gasteiger partial charge in [-0.25, -0.2) is 4.79 Å². The number of hydrogen-bond acceptors (Lipinski definition) is 4. The largest absolute Gasteiger partial charge is 0.459 e. The first-order valence-electron chi connectivity index (χ1n) is 8.48. The second-order valence-corrected chi connectivity index (χ2v) is 7.28. The van der Waals surface area contributed by atoms with Gasteiger partial charge in [-0.3, -0.25) is 4.98 Å². The van der Waals surface area contributed by atoms with Crippen LogP contribution in [0.25, 0.3) is 6.08 Å². The molecule has 1 atom stereocenters. The zero-order valence-electron chi connectivity index (χ0n) is 14.4. The molecule has 1 aromatic heterocycles. The molecule has 1 heterocycles. The van der Waals surface area contributed by atoms with Crippen molar-refractivity contribution in [1.82, 2.24) is 4.98 Å². The van der Waals surface area contributed by atoms with E-state index in [2.05, 4.69) is 17.1 Å². The maximum absolute atomic E-state index is 12.0. The molecule has 0 aromatic carbocycles. The van der Waals surface area contributed by atoms with Gasteiger partial charge in [-0.05, 0) is 57.2 Å². The van der Waals surface area contributed by atoms with Crippen LogP contribution in [0.15, 0.2) is 24.4 Å². The van der Waals surface area contributed by atoms with Gasteiger partial charge in [0.2, 0.25) is 0 Å². The fourth-order valence-electron chi connectivity index (χ4n) is 2.76. The van der Waals surface area contributed by atoms with Gasteiger partial charge in [0.25, 0.3) is 0 Å². The topological polar surface area (TPSA) is 65.2 Å². The van der Waals surface area contributed by atoms with E-state index in [1.54, 1.807) is 6.20 Å². The van der Waals surface area contributed by atoms with Crippen molar-refractivity contribution < 1.29 is 9.53 Å². The van der Waals surface area contributed by atoms with Crippen molar-refractivity contribution in [3.8, 4) is 0 Å². The number of hydrogen-bond donors (Lipinski definition) is 1. The SMILES string of the molecule is CC(C)(C)OC(=O)C(N)c1ccc(C=CC2CCCCC2)nc1. The van der Waals surface area contributed by atoms with E-state index in [1.807, 2.05) is 32.9 Å². The van der Waals surface area contributed by atoms with E-state index in [9.17, 15) is 4.79 Å². The second kappa shape index (κ2) is 7.73. The summed E-state index contributed by atoms with van der Waals surface area (Å²) in [6.45, 7) is 5.49. The molecule has 0 aliphatic heterocycles. The number of nitrogens with two attached hydrogens (primary N) is 1. The number of rotatable bonds is 4. The summed E-state index contributed by atoms with van der Waals surface area (Å²) in [5.74, 6) is 0.249. The van der Waals surface area contributed by atoms with Crippen molar-refractivity contribution in [2.24, 2.45) is 11.7 Å². The van der Waals surface area contributed by atoms with Gasteiger partial charge in [-0.2, -0.15) is 0 Å². The van der Waals surface area contributed by atoms with Gasteiger partial charge in [0.15, 0.2) is 0 Å². The van der Waals surface area contributed by atoms with E-state index in [4.69, 9.17) is 10.5 Å². The normalized spacial score (nSPS) is 18.1. The summed E-state index contributed by atoms with van der Waals surface area (Å²) >= 11 is 0. The summed E-state index contributed by atoms with van der Waals surface area (Å²) < 4.78 is 5.31. The zero-order valence-corrected chi connectivity index (χ0v) is 14.4. The Hall–Kier alpha value is -1.68. The molecule has 1 fully saturated rings. The van der Waals surface area contributed by atoms with E-state index < -0.39 is 17.6 Å². The lowest BCUT2D eigenvalue weighted by atomic mass is 9.89. The number of allylic oxidation sites excluding steroid dienone is 1. The maximum Gasteiger partial charge on any atom is 0.328 e. The number of carbonyl (C=O) groups is 1. The lowest BCUT2D eigenvalue weighted by Crippen LogP contribution is -2.31. The van der Waals surface area contributed by atoms with Gasteiger partial charge in [0, 0.05) is 6.20 Å². The quantitative estimate of drug-likeness (QED) is 0.852. The molecule has 1 unspecified atom stereocenters. The highest BCUT2D eigenvalue weighted by molar-refractivity contribution is 5.77. The van der Waals surface area contributed by atoms with Crippen LogP contribution in [0.3, 0.4) is 0 Å². The minimum Gasteiger partial charge on any atom is -0.459 e. The third-order valence-electron chi connectivity index (χ3n) is 4.02. The van der Waals surface area contributed by atoms with Crippen LogP contribution in [-0.4, -0.2) is 16.6 Å². The smallest absolute Gasteiger partial charge is 0.328 e. The Kier molecular flexibility index (Phi) is 5.94. The molecule has 4 nitrogen and oxygen atoms in total. The van der Waals surface area contributed by atoms with Gasteiger partial charge in [-0.15, -0.1) is 0 Å². The van der Waals surface area contributed by atoms with Crippen LogP contribution in [-0.2, 0) is 9.53 Å². The van der Waals surface area contributed by atoms with Crippen LogP contribution in [0.5, 0.6) is 0 Å². The number of esters is 1. The maximum atomic E-state index is 12.0. The second-order valence-electron chi connectivity index (χ2n) is 7.28. The average Bonchev–Trinajstić information content (AvgIpc) is 2.52. The first kappa shape index (κ1) is 17.7. The summed E-state index contributed by atoms with van der Waals surface area (Å²) in [7, 11) is 0. The summed E-state index contributed by atoms with van der Waals surface area (Å²) in [6.07, 6.45) is 12.6. The lowest BCUT2D eigenvalue weighted by Gasteiger charge is -2.22. The van der Waals surface area contributed by atoms with Gasteiger partial charge in [0.1, 0.15) is 11.6 Å². The highest BCUT2D eigenvalue weighted by Gasteiger charge is 2.23. The van der Waals surface area contributed by atoms with Crippen LogP contribution in [0.1, 0.15) is 70.2 Å². The molecule has 126 valence electrons. The van der Waals surface area contributed by atoms with Crippen molar-refractivity contribution in [2.45, 2.75) is 64.5 Å². The van der Waals surface area contributed by atoms with Crippen LogP contribution < -0.4 is 5.73 Å². The van der Waals surface area contributed by atoms with Crippen LogP contribution in [0.4, 0.5) is 0 Å². The van der Waals surface area contributed by atoms with Crippen molar-refractivity contribution in [1.29, 1.82) is 0 Å². The lowest BCUT2D eigenvalue weighted by molar-refractivity contribution is -0.156. The third-order valence-corrected chi connectivity index (χ3v) is 4.02. The van der Waals surface area contributed by atoms with Crippen molar-refractivity contribution in [3.05, 3.63) is 35.7 Å². The molecule has 0 radical (unpaired) electrons. The Morgan fingerprint density at radius 1 is 1.30 bits per heavy atom. The molecule has 23 heavy (non-hydrogen) atoms. The fraction of sp³-hybridized carbons (Fsp3) is 0.579. The van der Waals surface area contributed by atoms with Crippen LogP contribution >= 0.6 is 0 Å². The molecule has 0 bridgehead atoms. The molecule has 0 saturated heterocycles. The monoisotopic (exact) mass is 316 g/mol. The fourth-order valence-corrected chi connectivity index (χ4v) is 2.76. The van der Waals surface area contributed by atoms with Crippen molar-refractivity contribution in [2.75, 3.05) is 0 Å². The Morgan fingerprint density at radius 2 is 2.00 bits per heavy atom. The first-order valence-corrected chi connectivity index (χ1v) is 8.48. The minimum atomic E-state index is -0.793. The summed E-state index contributed by atoms with van der Waals surface area (Å²) in [4.78, 5) is 16.4. The summed E-state index contributed by atoms with van der Waals surface area (Å²) in [5, 5.41) is 0. The van der Waals surface area contributed by atoms with Crippen LogP contribution in [0.2, 0.25) is 0 Å². The third kappa shape index (κ3) is 5.79. The molecular weight excluding hydrogens is 288 g/mol. The Balaban J connectivity index is 1.95. The minimum absolute atomic E-state index is 0.426. The molecule has 0 spiro atoms. The Bertz CT molecular complexity index is 537. The number of pyridine rings is 1. The van der Waals surface area contributed by atoms with Gasteiger partial charge in [-0.1, -0.05) is 31.4 Å². The number of ether oxygens (including phenoxy) is 1. The van der Waals surface area contributed by atoms with Crippen molar-refractivity contribution >= 4 is 12.0 Å². The molecule has 1 aliphatic carbocycles. The molecule has 2 N–H and O–H groups in total. The highest BCUT2D eigenvalue weighted by atomic mass is 16.6. The van der Waals surface area contributed by atoms with Crippen LogP contribution in [0, 0.1) is 5.92 Å². The summed E-state index contributed by atoms with van der Waals surface area (Å²) in [5.41, 5.74) is 6.99. The van der Waals surface area contributed by atoms with Gasteiger partial charge < -0.3 is 10.5 Å². The number of aromatic nitrogens is 1. The molecule has 2 rings (SSSR count). The van der Waals surface area contributed by atoms with E-state index in [0.717, 1.165) is 5.69 Å². The number of nitrogens with zero attached hydrogens (tertiary/aromatic N) is 1. The van der Waals surface area contributed by atoms with Crippen molar-refractivity contribution in [3.63, 3.8) is 0 Å². The Morgan fingerprint density at radius 3 is 2.57 bits per heavy atom. The van der Waals surface area contributed by atoms with E-state index in [-0.39, 0.29) is 0 Å². The molecule has 1 aliphatic rings. The van der Waals surface area contributed by atoms with E-state index in [0.29, 0.717) is 11.5 Å². The zero-order chi connectivity index (χ0) is 16.9. The molecule has 4 heteroatoms. The highest BCUT2D eigenvalue weighted by Crippen LogP contribution is 2.25. The van der Waals surface area contributed by atoms with E-state index in [1.165, 1.54) is 32.1 Å². The first-order chi connectivity index (χ1) is 10.8. The predicted octanol–water partition coefficient (Wildman–Crippen LogP) is 4.02. The van der Waals surface area contributed by atoms with Gasteiger partial charge in [0.05, 0.1) is 5.69 Å². The van der Waals surface area contributed by atoms with Gasteiger partial charge >= 0.3 is 5.97 Å².